The zero-order valence-corrected chi connectivity index (χ0v) is 14.6. The quantitative estimate of drug-likeness (QED) is 0.739. The Labute approximate surface area is 151 Å². The highest BCUT2D eigenvalue weighted by Crippen LogP contribution is 2.24. The second-order valence-corrected chi connectivity index (χ2v) is 6.04. The fraction of sp³-hybridized carbons (Fsp3) is 0.200. The average Bonchev–Trinajstić information content (AvgIpc) is 3.16. The molecule has 0 radical (unpaired) electrons. The van der Waals surface area contributed by atoms with Crippen LogP contribution in [0.3, 0.4) is 0 Å². The third-order valence-corrected chi connectivity index (χ3v) is 4.02. The summed E-state index contributed by atoms with van der Waals surface area (Å²) in [5.74, 6) is 0.125. The Morgan fingerprint density at radius 1 is 1.27 bits per heavy atom. The average molecular weight is 353 g/mol. The van der Waals surface area contributed by atoms with Gasteiger partial charge in [-0.25, -0.2) is 9.07 Å². The molecule has 134 valence electrons. The Morgan fingerprint density at radius 2 is 2.04 bits per heavy atom. The Morgan fingerprint density at radius 3 is 2.69 bits per heavy atom. The molecule has 0 bridgehead atoms. The molecular formula is C20H20FN3O2. The van der Waals surface area contributed by atoms with Crippen LogP contribution in [0, 0.1) is 5.82 Å². The number of halogens is 1. The van der Waals surface area contributed by atoms with Crippen molar-refractivity contribution in [3.63, 3.8) is 0 Å². The molecule has 3 rings (SSSR count). The number of benzene rings is 2. The molecule has 0 fully saturated rings. The summed E-state index contributed by atoms with van der Waals surface area (Å²) in [6.45, 7) is 1.93. The van der Waals surface area contributed by atoms with Crippen LogP contribution in [-0.2, 0) is 6.42 Å². The van der Waals surface area contributed by atoms with Gasteiger partial charge in [-0.15, -0.1) is 0 Å². The summed E-state index contributed by atoms with van der Waals surface area (Å²) < 4.78 is 20.2. The highest BCUT2D eigenvalue weighted by atomic mass is 19.1. The molecule has 6 heteroatoms. The second kappa shape index (κ2) is 7.82. The molecule has 3 aromatic rings. The SMILES string of the molecule is COc1cc(CC(C)NC(=O)c2ccc(F)cc2)ccc1-n1cccn1. The van der Waals surface area contributed by atoms with Crippen molar-refractivity contribution >= 4 is 5.91 Å². The van der Waals surface area contributed by atoms with Crippen molar-refractivity contribution in [2.45, 2.75) is 19.4 Å². The minimum atomic E-state index is -0.362. The summed E-state index contributed by atoms with van der Waals surface area (Å²) in [5.41, 5.74) is 2.32. The number of nitrogens with zero attached hydrogens (tertiary/aromatic N) is 2. The Balaban J connectivity index is 1.68. The van der Waals surface area contributed by atoms with Crippen molar-refractivity contribution in [3.8, 4) is 11.4 Å². The van der Waals surface area contributed by atoms with Crippen LogP contribution in [-0.4, -0.2) is 28.8 Å². The largest absolute Gasteiger partial charge is 0.494 e. The highest BCUT2D eigenvalue weighted by molar-refractivity contribution is 5.94. The minimum absolute atomic E-state index is 0.0900. The first kappa shape index (κ1) is 17.7. The maximum absolute atomic E-state index is 13.0. The number of hydrogen-bond donors (Lipinski definition) is 1. The highest BCUT2D eigenvalue weighted by Gasteiger charge is 2.12. The van der Waals surface area contributed by atoms with E-state index in [0.717, 1.165) is 11.3 Å². The Bertz CT molecular complexity index is 877. The fourth-order valence-electron chi connectivity index (χ4n) is 2.76. The van der Waals surface area contributed by atoms with Crippen molar-refractivity contribution in [1.29, 1.82) is 0 Å². The lowest BCUT2D eigenvalue weighted by molar-refractivity contribution is 0.0940. The van der Waals surface area contributed by atoms with Crippen LogP contribution in [0.1, 0.15) is 22.8 Å². The van der Waals surface area contributed by atoms with E-state index in [9.17, 15) is 9.18 Å². The number of methoxy groups -OCH3 is 1. The lowest BCUT2D eigenvalue weighted by Gasteiger charge is -2.16. The summed E-state index contributed by atoms with van der Waals surface area (Å²) in [7, 11) is 1.62. The predicted octanol–water partition coefficient (Wildman–Crippen LogP) is 3.38. The van der Waals surface area contributed by atoms with Crippen LogP contribution >= 0.6 is 0 Å². The van der Waals surface area contributed by atoms with E-state index in [1.54, 1.807) is 18.0 Å². The van der Waals surface area contributed by atoms with Gasteiger partial charge in [-0.05, 0) is 61.4 Å². The molecule has 0 aliphatic heterocycles. The van der Waals surface area contributed by atoms with Crippen LogP contribution in [0.15, 0.2) is 60.9 Å². The fourth-order valence-corrected chi connectivity index (χ4v) is 2.76. The van der Waals surface area contributed by atoms with Gasteiger partial charge >= 0.3 is 0 Å². The lowest BCUT2D eigenvalue weighted by atomic mass is 10.1. The number of nitrogens with one attached hydrogen (secondary N) is 1. The van der Waals surface area contributed by atoms with Gasteiger partial charge in [0, 0.05) is 24.0 Å². The van der Waals surface area contributed by atoms with Crippen LogP contribution in [0.5, 0.6) is 5.75 Å². The summed E-state index contributed by atoms with van der Waals surface area (Å²) >= 11 is 0. The predicted molar refractivity (Wildman–Crippen MR) is 97.1 cm³/mol. The molecule has 0 aliphatic carbocycles. The van der Waals surface area contributed by atoms with E-state index in [1.807, 2.05) is 37.4 Å². The molecule has 1 N–H and O–H groups in total. The monoisotopic (exact) mass is 353 g/mol. The van der Waals surface area contributed by atoms with E-state index in [4.69, 9.17) is 4.74 Å². The number of rotatable bonds is 6. The van der Waals surface area contributed by atoms with Crippen LogP contribution < -0.4 is 10.1 Å². The lowest BCUT2D eigenvalue weighted by Crippen LogP contribution is -2.34. The zero-order valence-electron chi connectivity index (χ0n) is 14.6. The molecule has 0 saturated heterocycles. The van der Waals surface area contributed by atoms with Crippen molar-refractivity contribution in [2.75, 3.05) is 7.11 Å². The Hall–Kier alpha value is -3.15. The smallest absolute Gasteiger partial charge is 0.251 e. The number of carbonyl (C=O) groups excluding carboxylic acids is 1. The van der Waals surface area contributed by atoms with Gasteiger partial charge in [-0.3, -0.25) is 4.79 Å². The maximum Gasteiger partial charge on any atom is 0.251 e. The molecule has 1 unspecified atom stereocenters. The van der Waals surface area contributed by atoms with Crippen molar-refractivity contribution in [2.24, 2.45) is 0 Å². The van der Waals surface area contributed by atoms with Gasteiger partial charge in [0.1, 0.15) is 17.3 Å². The standard InChI is InChI=1S/C20H20FN3O2/c1-14(23-20(25)16-5-7-17(21)8-6-16)12-15-4-9-18(19(13-15)26-2)24-11-3-10-22-24/h3-11,13-14H,12H2,1-2H3,(H,23,25). The van der Waals surface area contributed by atoms with Crippen molar-refractivity contribution in [1.82, 2.24) is 15.1 Å². The molecule has 1 atom stereocenters. The summed E-state index contributed by atoms with van der Waals surface area (Å²) in [6, 6.07) is 13.1. The van der Waals surface area contributed by atoms with E-state index in [1.165, 1.54) is 24.3 Å². The summed E-state index contributed by atoms with van der Waals surface area (Å²) in [6.07, 6.45) is 4.20. The van der Waals surface area contributed by atoms with Crippen molar-refractivity contribution < 1.29 is 13.9 Å². The van der Waals surface area contributed by atoms with E-state index in [2.05, 4.69) is 10.4 Å². The van der Waals surface area contributed by atoms with Crippen LogP contribution in [0.2, 0.25) is 0 Å². The van der Waals surface area contributed by atoms with Gasteiger partial charge in [-0.2, -0.15) is 5.10 Å². The molecule has 0 aliphatic rings. The molecule has 1 amide bonds. The van der Waals surface area contributed by atoms with Crippen molar-refractivity contribution in [3.05, 3.63) is 77.9 Å². The van der Waals surface area contributed by atoms with Gasteiger partial charge in [0.25, 0.3) is 5.91 Å². The number of aromatic nitrogens is 2. The molecule has 0 saturated carbocycles. The molecular weight excluding hydrogens is 333 g/mol. The van der Waals surface area contributed by atoms with Crippen LogP contribution in [0.4, 0.5) is 4.39 Å². The van der Waals surface area contributed by atoms with Crippen LogP contribution in [0.25, 0.3) is 5.69 Å². The number of carbonyl (C=O) groups is 1. The maximum atomic E-state index is 13.0. The molecule has 1 heterocycles. The van der Waals surface area contributed by atoms with E-state index < -0.39 is 0 Å². The summed E-state index contributed by atoms with van der Waals surface area (Å²) in [4.78, 5) is 12.2. The van der Waals surface area contributed by atoms with E-state index in [0.29, 0.717) is 17.7 Å². The topological polar surface area (TPSA) is 56.1 Å². The first-order valence-corrected chi connectivity index (χ1v) is 8.30. The molecule has 2 aromatic carbocycles. The molecule has 26 heavy (non-hydrogen) atoms. The molecule has 1 aromatic heterocycles. The van der Waals surface area contributed by atoms with E-state index in [-0.39, 0.29) is 17.8 Å². The van der Waals surface area contributed by atoms with Gasteiger partial charge in [0.2, 0.25) is 0 Å². The number of amides is 1. The molecule has 0 spiro atoms. The Kier molecular flexibility index (Phi) is 5.31. The minimum Gasteiger partial charge on any atom is -0.494 e. The third kappa shape index (κ3) is 4.08. The first-order chi connectivity index (χ1) is 12.6. The third-order valence-electron chi connectivity index (χ3n) is 4.02. The first-order valence-electron chi connectivity index (χ1n) is 8.30. The van der Waals surface area contributed by atoms with Gasteiger partial charge in [0.05, 0.1) is 7.11 Å². The second-order valence-electron chi connectivity index (χ2n) is 6.04. The number of hydrogen-bond acceptors (Lipinski definition) is 3. The van der Waals surface area contributed by atoms with Gasteiger partial charge < -0.3 is 10.1 Å². The number of ether oxygens (including phenoxy) is 1. The normalized spacial score (nSPS) is 11.8. The summed E-state index contributed by atoms with van der Waals surface area (Å²) in [5, 5.41) is 7.14. The van der Waals surface area contributed by atoms with Gasteiger partial charge in [0.15, 0.2) is 0 Å². The molecule has 5 nitrogen and oxygen atoms in total. The zero-order chi connectivity index (χ0) is 18.5. The van der Waals surface area contributed by atoms with Gasteiger partial charge in [-0.1, -0.05) is 6.07 Å². The van der Waals surface area contributed by atoms with E-state index >= 15 is 0 Å².